The molecule has 1 aromatic rings. The van der Waals surface area contributed by atoms with Crippen LogP contribution in [0, 0.1) is 0 Å². The Balaban J connectivity index is 1.98. The Labute approximate surface area is 103 Å². The molecule has 1 saturated heterocycles. The maximum atomic E-state index is 12.4. The van der Waals surface area contributed by atoms with E-state index in [1.165, 1.54) is 6.07 Å². The third-order valence-corrected chi connectivity index (χ3v) is 2.93. The number of halogens is 3. The molecule has 1 aliphatic heterocycles. The van der Waals surface area contributed by atoms with Gasteiger partial charge in [-0.3, -0.25) is 0 Å². The zero-order valence-corrected chi connectivity index (χ0v) is 10.00. The summed E-state index contributed by atoms with van der Waals surface area (Å²) in [5, 5.41) is 3.13. The second-order valence-electron chi connectivity index (χ2n) is 4.48. The lowest BCUT2D eigenvalue weighted by atomic mass is 10.0. The van der Waals surface area contributed by atoms with Crippen LogP contribution in [0.1, 0.15) is 25.3 Å². The molecule has 2 atom stereocenters. The quantitative estimate of drug-likeness (QED) is 0.887. The number of hydrogen-bond acceptors (Lipinski definition) is 3. The molecular formula is C12H15F3N2O. The highest BCUT2D eigenvalue weighted by atomic mass is 19.4. The van der Waals surface area contributed by atoms with Gasteiger partial charge in [-0.05, 0) is 31.9 Å². The van der Waals surface area contributed by atoms with Gasteiger partial charge in [0.15, 0.2) is 0 Å². The van der Waals surface area contributed by atoms with Crippen molar-refractivity contribution in [2.45, 2.75) is 38.1 Å². The van der Waals surface area contributed by atoms with Gasteiger partial charge in [0.05, 0.1) is 11.7 Å². The summed E-state index contributed by atoms with van der Waals surface area (Å²) in [6.07, 6.45) is -1.63. The normalized spacial score (nSPS) is 24.9. The van der Waals surface area contributed by atoms with Crippen LogP contribution in [-0.4, -0.2) is 23.7 Å². The van der Waals surface area contributed by atoms with E-state index >= 15 is 0 Å². The van der Waals surface area contributed by atoms with Gasteiger partial charge in [-0.15, -0.1) is 0 Å². The second-order valence-corrected chi connectivity index (χ2v) is 4.48. The van der Waals surface area contributed by atoms with E-state index in [9.17, 15) is 13.2 Å². The molecule has 2 heterocycles. The van der Waals surface area contributed by atoms with Crippen molar-refractivity contribution in [2.24, 2.45) is 0 Å². The van der Waals surface area contributed by atoms with Gasteiger partial charge in [0.1, 0.15) is 5.82 Å². The third-order valence-electron chi connectivity index (χ3n) is 2.93. The summed E-state index contributed by atoms with van der Waals surface area (Å²) in [5.74, 6) is 0.474. The van der Waals surface area contributed by atoms with Crippen LogP contribution in [0.4, 0.5) is 19.0 Å². The summed E-state index contributed by atoms with van der Waals surface area (Å²) in [7, 11) is 0. The van der Waals surface area contributed by atoms with E-state index < -0.39 is 11.7 Å². The molecular weight excluding hydrogens is 245 g/mol. The standard InChI is InChI=1S/C12H15F3N2O/c1-8-6-10(4-5-18-8)17-11-3-2-9(7-16-11)12(13,14)15/h2-3,7-8,10H,4-6H2,1H3,(H,16,17). The molecule has 2 unspecified atom stereocenters. The van der Waals surface area contributed by atoms with Crippen LogP contribution in [0.5, 0.6) is 0 Å². The Morgan fingerprint density at radius 3 is 2.72 bits per heavy atom. The smallest absolute Gasteiger partial charge is 0.378 e. The van der Waals surface area contributed by atoms with E-state index in [1.807, 2.05) is 6.92 Å². The fraction of sp³-hybridized carbons (Fsp3) is 0.583. The molecule has 1 aromatic heterocycles. The lowest BCUT2D eigenvalue weighted by molar-refractivity contribution is -0.137. The van der Waals surface area contributed by atoms with E-state index in [0.717, 1.165) is 25.1 Å². The van der Waals surface area contributed by atoms with Crippen molar-refractivity contribution >= 4 is 5.82 Å². The van der Waals surface area contributed by atoms with Gasteiger partial charge in [0.25, 0.3) is 0 Å². The summed E-state index contributed by atoms with van der Waals surface area (Å²) < 4.78 is 42.5. The lowest BCUT2D eigenvalue weighted by Crippen LogP contribution is -2.32. The molecule has 18 heavy (non-hydrogen) atoms. The highest BCUT2D eigenvalue weighted by Crippen LogP contribution is 2.29. The van der Waals surface area contributed by atoms with Crippen molar-refractivity contribution in [3.63, 3.8) is 0 Å². The number of alkyl halides is 3. The van der Waals surface area contributed by atoms with Crippen LogP contribution in [0.15, 0.2) is 18.3 Å². The average Bonchev–Trinajstić information content (AvgIpc) is 2.28. The monoisotopic (exact) mass is 260 g/mol. The summed E-state index contributed by atoms with van der Waals surface area (Å²) in [6.45, 7) is 2.65. The molecule has 3 nitrogen and oxygen atoms in total. The maximum absolute atomic E-state index is 12.4. The molecule has 0 aliphatic carbocycles. The zero-order chi connectivity index (χ0) is 13.2. The molecule has 6 heteroatoms. The first-order valence-corrected chi connectivity index (χ1v) is 5.86. The van der Waals surface area contributed by atoms with Gasteiger partial charge in [0.2, 0.25) is 0 Å². The molecule has 0 aromatic carbocycles. The minimum atomic E-state index is -4.33. The van der Waals surface area contributed by atoms with Crippen molar-refractivity contribution in [2.75, 3.05) is 11.9 Å². The van der Waals surface area contributed by atoms with E-state index in [1.54, 1.807) is 0 Å². The maximum Gasteiger partial charge on any atom is 0.417 e. The molecule has 0 spiro atoms. The molecule has 0 radical (unpaired) electrons. The second kappa shape index (κ2) is 5.14. The van der Waals surface area contributed by atoms with Crippen molar-refractivity contribution in [3.05, 3.63) is 23.9 Å². The predicted molar refractivity (Wildman–Crippen MR) is 61.3 cm³/mol. The number of anilines is 1. The minimum absolute atomic E-state index is 0.172. The van der Waals surface area contributed by atoms with Gasteiger partial charge in [-0.1, -0.05) is 0 Å². The van der Waals surface area contributed by atoms with Gasteiger partial charge < -0.3 is 10.1 Å². The first kappa shape index (κ1) is 13.1. The third kappa shape index (κ3) is 3.35. The molecule has 2 rings (SSSR count). The van der Waals surface area contributed by atoms with Crippen molar-refractivity contribution in [3.8, 4) is 0 Å². The number of nitrogens with one attached hydrogen (secondary N) is 1. The fourth-order valence-electron chi connectivity index (χ4n) is 1.99. The van der Waals surface area contributed by atoms with E-state index in [2.05, 4.69) is 10.3 Å². The topological polar surface area (TPSA) is 34.2 Å². The van der Waals surface area contributed by atoms with E-state index in [4.69, 9.17) is 4.74 Å². The predicted octanol–water partition coefficient (Wildman–Crippen LogP) is 3.08. The molecule has 1 N–H and O–H groups in total. The Morgan fingerprint density at radius 1 is 1.39 bits per heavy atom. The number of ether oxygens (including phenoxy) is 1. The van der Waals surface area contributed by atoms with Crippen molar-refractivity contribution in [1.29, 1.82) is 0 Å². The lowest BCUT2D eigenvalue weighted by Gasteiger charge is -2.28. The van der Waals surface area contributed by atoms with E-state index in [0.29, 0.717) is 12.4 Å². The molecule has 0 bridgehead atoms. The Kier molecular flexibility index (Phi) is 3.75. The van der Waals surface area contributed by atoms with Crippen molar-refractivity contribution < 1.29 is 17.9 Å². The van der Waals surface area contributed by atoms with Crippen LogP contribution in [0.2, 0.25) is 0 Å². The Bertz CT molecular complexity index is 391. The van der Waals surface area contributed by atoms with Gasteiger partial charge in [-0.25, -0.2) is 4.98 Å². The summed E-state index contributed by atoms with van der Waals surface area (Å²) >= 11 is 0. The summed E-state index contributed by atoms with van der Waals surface area (Å²) in [5.41, 5.74) is -0.728. The van der Waals surface area contributed by atoms with E-state index in [-0.39, 0.29) is 12.1 Å². The Hall–Kier alpha value is -1.30. The van der Waals surface area contributed by atoms with Gasteiger partial charge in [-0.2, -0.15) is 13.2 Å². The number of pyridine rings is 1. The van der Waals surface area contributed by atoms with Crippen LogP contribution in [0.3, 0.4) is 0 Å². The number of rotatable bonds is 2. The zero-order valence-electron chi connectivity index (χ0n) is 10.00. The highest BCUT2D eigenvalue weighted by Gasteiger charge is 2.30. The van der Waals surface area contributed by atoms with Crippen LogP contribution in [-0.2, 0) is 10.9 Å². The first-order valence-electron chi connectivity index (χ1n) is 5.86. The minimum Gasteiger partial charge on any atom is -0.378 e. The molecule has 1 fully saturated rings. The van der Waals surface area contributed by atoms with Gasteiger partial charge in [0, 0.05) is 18.8 Å². The molecule has 100 valence electrons. The largest absolute Gasteiger partial charge is 0.417 e. The molecule has 1 aliphatic rings. The summed E-state index contributed by atoms with van der Waals surface area (Å²) in [6, 6.07) is 2.61. The highest BCUT2D eigenvalue weighted by molar-refractivity contribution is 5.37. The van der Waals surface area contributed by atoms with Crippen molar-refractivity contribution in [1.82, 2.24) is 4.98 Å². The number of aromatic nitrogens is 1. The van der Waals surface area contributed by atoms with Crippen LogP contribution >= 0.6 is 0 Å². The van der Waals surface area contributed by atoms with Gasteiger partial charge >= 0.3 is 6.18 Å². The number of hydrogen-bond donors (Lipinski definition) is 1. The first-order chi connectivity index (χ1) is 8.45. The molecule has 0 amide bonds. The summed E-state index contributed by atoms with van der Waals surface area (Å²) in [4.78, 5) is 3.79. The SMILES string of the molecule is CC1CC(Nc2ccc(C(F)(F)F)cn2)CCO1. The average molecular weight is 260 g/mol. The number of nitrogens with zero attached hydrogens (tertiary/aromatic N) is 1. The fourth-order valence-corrected chi connectivity index (χ4v) is 1.99. The van der Waals surface area contributed by atoms with Crippen LogP contribution in [0.25, 0.3) is 0 Å². The molecule has 0 saturated carbocycles. The Morgan fingerprint density at radius 2 is 2.17 bits per heavy atom. The van der Waals surface area contributed by atoms with Crippen LogP contribution < -0.4 is 5.32 Å².